The molecule has 0 aliphatic carbocycles. The van der Waals surface area contributed by atoms with E-state index >= 15 is 0 Å². The van der Waals surface area contributed by atoms with E-state index in [1.807, 2.05) is 41.9 Å². The van der Waals surface area contributed by atoms with Gasteiger partial charge in [-0.25, -0.2) is 4.79 Å². The Morgan fingerprint density at radius 2 is 1.97 bits per heavy atom. The number of ether oxygens (including phenoxy) is 4. The van der Waals surface area contributed by atoms with Crippen molar-refractivity contribution in [2.75, 3.05) is 27.1 Å². The van der Waals surface area contributed by atoms with Gasteiger partial charge in [0, 0.05) is 37.3 Å². The maximum atomic E-state index is 12.7. The highest BCUT2D eigenvalue weighted by molar-refractivity contribution is 5.89. The number of benzene rings is 2. The molecule has 0 N–H and O–H groups in total. The van der Waals surface area contributed by atoms with E-state index < -0.39 is 0 Å². The van der Waals surface area contributed by atoms with E-state index in [1.165, 1.54) is 0 Å². The molecule has 1 aromatic heterocycles. The SMILES string of the molecule is CCOC(=O)c1nn(Cc2ccccc2)c2c1CN(Cc1cc(OC)c3c(c1)OCO3)CC2. The lowest BCUT2D eigenvalue weighted by Gasteiger charge is -2.28. The molecular formula is C25H27N3O5. The highest BCUT2D eigenvalue weighted by Gasteiger charge is 2.29. The summed E-state index contributed by atoms with van der Waals surface area (Å²) in [7, 11) is 1.63. The zero-order valence-corrected chi connectivity index (χ0v) is 18.9. The summed E-state index contributed by atoms with van der Waals surface area (Å²) in [6.45, 7) is 5.12. The van der Waals surface area contributed by atoms with Crippen LogP contribution in [0.5, 0.6) is 17.2 Å². The van der Waals surface area contributed by atoms with E-state index in [9.17, 15) is 4.79 Å². The van der Waals surface area contributed by atoms with Gasteiger partial charge in [0.1, 0.15) is 0 Å². The van der Waals surface area contributed by atoms with Crippen molar-refractivity contribution in [2.45, 2.75) is 33.0 Å². The van der Waals surface area contributed by atoms with Crippen molar-refractivity contribution in [1.29, 1.82) is 0 Å². The van der Waals surface area contributed by atoms with Gasteiger partial charge >= 0.3 is 5.97 Å². The molecule has 5 rings (SSSR count). The number of aromatic nitrogens is 2. The van der Waals surface area contributed by atoms with Crippen molar-refractivity contribution >= 4 is 5.97 Å². The average Bonchev–Trinajstić information content (AvgIpc) is 3.44. The minimum absolute atomic E-state index is 0.200. The third kappa shape index (κ3) is 4.26. The molecule has 2 aliphatic heterocycles. The minimum Gasteiger partial charge on any atom is -0.493 e. The molecule has 8 heteroatoms. The van der Waals surface area contributed by atoms with Crippen molar-refractivity contribution < 1.29 is 23.7 Å². The largest absolute Gasteiger partial charge is 0.493 e. The van der Waals surface area contributed by atoms with Gasteiger partial charge in [0.25, 0.3) is 0 Å². The van der Waals surface area contributed by atoms with Crippen LogP contribution in [0.15, 0.2) is 42.5 Å². The van der Waals surface area contributed by atoms with Crippen molar-refractivity contribution in [3.05, 3.63) is 70.5 Å². The maximum Gasteiger partial charge on any atom is 0.359 e. The van der Waals surface area contributed by atoms with Crippen LogP contribution in [0.2, 0.25) is 0 Å². The molecule has 0 unspecified atom stereocenters. The number of nitrogens with zero attached hydrogens (tertiary/aromatic N) is 3. The normalized spacial score (nSPS) is 14.7. The Kier molecular flexibility index (Phi) is 5.92. The zero-order chi connectivity index (χ0) is 22.8. The molecule has 0 spiro atoms. The molecule has 0 fully saturated rings. The molecule has 8 nitrogen and oxygen atoms in total. The standard InChI is InChI=1S/C25H27N3O5/c1-3-31-25(29)23-19-15-27(13-18-11-21(30-2)24-22(12-18)32-16-33-24)10-9-20(19)28(26-23)14-17-7-5-4-6-8-17/h4-8,11-12H,3,9-10,13-16H2,1-2H3. The van der Waals surface area contributed by atoms with Gasteiger partial charge in [-0.1, -0.05) is 30.3 Å². The first-order chi connectivity index (χ1) is 16.2. The quantitative estimate of drug-likeness (QED) is 0.512. The number of esters is 1. The Hall–Kier alpha value is -3.52. The van der Waals surface area contributed by atoms with Crippen LogP contribution >= 0.6 is 0 Å². The van der Waals surface area contributed by atoms with Gasteiger partial charge in [0.15, 0.2) is 17.2 Å². The number of carbonyl (C=O) groups excluding carboxylic acids is 1. The topological polar surface area (TPSA) is 75.1 Å². The molecule has 0 atom stereocenters. The van der Waals surface area contributed by atoms with Crippen LogP contribution in [0.4, 0.5) is 0 Å². The average molecular weight is 450 g/mol. The van der Waals surface area contributed by atoms with Crippen molar-refractivity contribution in [2.24, 2.45) is 0 Å². The summed E-state index contributed by atoms with van der Waals surface area (Å²) in [5.41, 5.74) is 4.67. The molecular weight excluding hydrogens is 422 g/mol. The molecule has 0 radical (unpaired) electrons. The Balaban J connectivity index is 1.41. The van der Waals surface area contributed by atoms with Crippen LogP contribution < -0.4 is 14.2 Å². The third-order valence-electron chi connectivity index (χ3n) is 5.98. The summed E-state index contributed by atoms with van der Waals surface area (Å²) < 4.78 is 23.8. The van der Waals surface area contributed by atoms with Gasteiger partial charge < -0.3 is 18.9 Å². The summed E-state index contributed by atoms with van der Waals surface area (Å²) in [4.78, 5) is 15.0. The summed E-state index contributed by atoms with van der Waals surface area (Å²) in [6, 6.07) is 14.1. The minimum atomic E-state index is -0.368. The first kappa shape index (κ1) is 21.3. The smallest absolute Gasteiger partial charge is 0.359 e. The van der Waals surface area contributed by atoms with Crippen LogP contribution in [-0.2, 0) is 30.8 Å². The van der Waals surface area contributed by atoms with E-state index in [0.29, 0.717) is 49.2 Å². The van der Waals surface area contributed by atoms with E-state index in [4.69, 9.17) is 18.9 Å². The van der Waals surface area contributed by atoms with Crippen LogP contribution in [0, 0.1) is 0 Å². The summed E-state index contributed by atoms with van der Waals surface area (Å²) in [5.74, 6) is 1.65. The lowest BCUT2D eigenvalue weighted by atomic mass is 10.0. The predicted octanol–water partition coefficient (Wildman–Crippen LogP) is 3.40. The van der Waals surface area contributed by atoms with Gasteiger partial charge in [0.2, 0.25) is 12.5 Å². The van der Waals surface area contributed by atoms with Gasteiger partial charge in [-0.15, -0.1) is 0 Å². The fourth-order valence-electron chi connectivity index (χ4n) is 4.47. The molecule has 2 aromatic carbocycles. The van der Waals surface area contributed by atoms with Gasteiger partial charge in [-0.05, 0) is 30.2 Å². The van der Waals surface area contributed by atoms with Crippen LogP contribution in [0.3, 0.4) is 0 Å². The molecule has 172 valence electrons. The predicted molar refractivity (Wildman–Crippen MR) is 121 cm³/mol. The van der Waals surface area contributed by atoms with Crippen LogP contribution in [-0.4, -0.2) is 47.7 Å². The number of methoxy groups -OCH3 is 1. The lowest BCUT2D eigenvalue weighted by molar-refractivity contribution is 0.0515. The van der Waals surface area contributed by atoms with Crippen LogP contribution in [0.25, 0.3) is 0 Å². The number of hydrogen-bond acceptors (Lipinski definition) is 7. The Morgan fingerprint density at radius 1 is 1.12 bits per heavy atom. The molecule has 2 aliphatic rings. The molecule has 3 heterocycles. The molecule has 0 saturated heterocycles. The third-order valence-corrected chi connectivity index (χ3v) is 5.98. The summed E-state index contributed by atoms with van der Waals surface area (Å²) in [6.07, 6.45) is 0.802. The highest BCUT2D eigenvalue weighted by Crippen LogP contribution is 2.42. The Labute approximate surface area is 192 Å². The number of rotatable bonds is 7. The fraction of sp³-hybridized carbons (Fsp3) is 0.360. The highest BCUT2D eigenvalue weighted by atomic mass is 16.7. The van der Waals surface area contributed by atoms with E-state index in [2.05, 4.69) is 22.1 Å². The number of fused-ring (bicyclic) bond motifs is 2. The van der Waals surface area contributed by atoms with Crippen LogP contribution in [0.1, 0.15) is 39.8 Å². The fourth-order valence-corrected chi connectivity index (χ4v) is 4.47. The van der Waals surface area contributed by atoms with Crippen molar-refractivity contribution in [1.82, 2.24) is 14.7 Å². The number of carbonyl (C=O) groups is 1. The second kappa shape index (κ2) is 9.15. The van der Waals surface area contributed by atoms with E-state index in [-0.39, 0.29) is 12.8 Å². The zero-order valence-electron chi connectivity index (χ0n) is 18.9. The Morgan fingerprint density at radius 3 is 2.76 bits per heavy atom. The summed E-state index contributed by atoms with van der Waals surface area (Å²) >= 11 is 0. The lowest BCUT2D eigenvalue weighted by Crippen LogP contribution is -2.31. The first-order valence-electron chi connectivity index (χ1n) is 11.1. The molecule has 0 bridgehead atoms. The molecule has 33 heavy (non-hydrogen) atoms. The van der Waals surface area contributed by atoms with Gasteiger partial charge in [-0.3, -0.25) is 9.58 Å². The first-order valence-corrected chi connectivity index (χ1v) is 11.1. The molecule has 0 saturated carbocycles. The second-order valence-electron chi connectivity index (χ2n) is 8.13. The molecule has 0 amide bonds. The molecule has 3 aromatic rings. The van der Waals surface area contributed by atoms with Gasteiger partial charge in [-0.2, -0.15) is 5.10 Å². The van der Waals surface area contributed by atoms with E-state index in [1.54, 1.807) is 7.11 Å². The monoisotopic (exact) mass is 449 g/mol. The van der Waals surface area contributed by atoms with Crippen molar-refractivity contribution in [3.63, 3.8) is 0 Å². The van der Waals surface area contributed by atoms with E-state index in [0.717, 1.165) is 35.3 Å². The van der Waals surface area contributed by atoms with Crippen molar-refractivity contribution in [3.8, 4) is 17.2 Å². The second-order valence-corrected chi connectivity index (χ2v) is 8.13. The number of hydrogen-bond donors (Lipinski definition) is 0. The Bertz CT molecular complexity index is 1160. The maximum absolute atomic E-state index is 12.7. The summed E-state index contributed by atoms with van der Waals surface area (Å²) in [5, 5.41) is 4.68. The van der Waals surface area contributed by atoms with Gasteiger partial charge in [0.05, 0.1) is 20.3 Å².